The first-order valence-corrected chi connectivity index (χ1v) is 6.95. The van der Waals surface area contributed by atoms with Crippen molar-refractivity contribution in [3.05, 3.63) is 18.0 Å². The van der Waals surface area contributed by atoms with E-state index < -0.39 is 23.7 Å². The van der Waals surface area contributed by atoms with Gasteiger partial charge in [0.1, 0.15) is 5.60 Å². The Morgan fingerprint density at radius 2 is 2.14 bits per heavy atom. The molecule has 2 N–H and O–H groups in total. The van der Waals surface area contributed by atoms with Crippen LogP contribution >= 0.6 is 0 Å². The fraction of sp³-hybridized carbons (Fsp3) is 0.643. The summed E-state index contributed by atoms with van der Waals surface area (Å²) in [4.78, 5) is 22.8. The Bertz CT molecular complexity index is 491. The Hall–Kier alpha value is -2.05. The fourth-order valence-electron chi connectivity index (χ4n) is 1.79. The normalized spacial score (nSPS) is 12.8. The first-order valence-electron chi connectivity index (χ1n) is 6.95. The molecule has 1 atom stereocenters. The summed E-state index contributed by atoms with van der Waals surface area (Å²) < 4.78 is 6.88. The van der Waals surface area contributed by atoms with E-state index in [9.17, 15) is 9.59 Å². The van der Waals surface area contributed by atoms with Gasteiger partial charge in [-0.05, 0) is 27.2 Å². The highest BCUT2D eigenvalue weighted by Gasteiger charge is 2.23. The van der Waals surface area contributed by atoms with E-state index in [1.807, 2.05) is 6.92 Å². The highest BCUT2D eigenvalue weighted by molar-refractivity contribution is 5.72. The number of hydrogen-bond acceptors (Lipinski definition) is 4. The van der Waals surface area contributed by atoms with Gasteiger partial charge in [-0.25, -0.2) is 4.79 Å². The Morgan fingerprint density at radius 3 is 2.67 bits per heavy atom. The smallest absolute Gasteiger partial charge is 0.408 e. The number of amides is 1. The minimum absolute atomic E-state index is 0.225. The number of ether oxygens (including phenoxy) is 1. The van der Waals surface area contributed by atoms with Crippen molar-refractivity contribution in [2.45, 2.75) is 58.7 Å². The van der Waals surface area contributed by atoms with E-state index in [4.69, 9.17) is 9.84 Å². The summed E-state index contributed by atoms with van der Waals surface area (Å²) >= 11 is 0. The van der Waals surface area contributed by atoms with Crippen molar-refractivity contribution in [1.82, 2.24) is 15.1 Å². The zero-order valence-electron chi connectivity index (χ0n) is 12.9. The lowest BCUT2D eigenvalue weighted by Gasteiger charge is -2.22. The lowest BCUT2D eigenvalue weighted by Crippen LogP contribution is -2.35. The number of aliphatic carboxylic acids is 1. The van der Waals surface area contributed by atoms with Crippen LogP contribution < -0.4 is 5.32 Å². The van der Waals surface area contributed by atoms with Crippen LogP contribution in [0.2, 0.25) is 0 Å². The minimum atomic E-state index is -1.00. The quantitative estimate of drug-likeness (QED) is 0.840. The first-order chi connectivity index (χ1) is 9.71. The molecule has 0 aromatic carbocycles. The van der Waals surface area contributed by atoms with Crippen molar-refractivity contribution in [2.24, 2.45) is 0 Å². The van der Waals surface area contributed by atoms with Crippen molar-refractivity contribution >= 4 is 12.1 Å². The molecule has 7 heteroatoms. The van der Waals surface area contributed by atoms with Gasteiger partial charge in [-0.1, -0.05) is 6.92 Å². The molecule has 0 aliphatic carbocycles. The van der Waals surface area contributed by atoms with Gasteiger partial charge in [0.15, 0.2) is 0 Å². The molecular weight excluding hydrogens is 274 g/mol. The van der Waals surface area contributed by atoms with Gasteiger partial charge in [-0.2, -0.15) is 5.10 Å². The third-order valence-corrected chi connectivity index (χ3v) is 2.58. The SMILES string of the molecule is CCCn1cc([C@H](CC(=O)O)NC(=O)OC(C)(C)C)cn1. The van der Waals surface area contributed by atoms with Crippen LogP contribution in [0.3, 0.4) is 0 Å². The number of carboxylic acids is 1. The molecule has 1 amide bonds. The Labute approximate surface area is 124 Å². The lowest BCUT2D eigenvalue weighted by molar-refractivity contribution is -0.137. The van der Waals surface area contributed by atoms with Gasteiger partial charge in [0.05, 0.1) is 18.7 Å². The van der Waals surface area contributed by atoms with Gasteiger partial charge in [0.2, 0.25) is 0 Å². The van der Waals surface area contributed by atoms with Crippen molar-refractivity contribution in [1.29, 1.82) is 0 Å². The predicted molar refractivity (Wildman–Crippen MR) is 76.9 cm³/mol. The summed E-state index contributed by atoms with van der Waals surface area (Å²) in [6, 6.07) is -0.664. The minimum Gasteiger partial charge on any atom is -0.481 e. The second-order valence-electron chi connectivity index (χ2n) is 5.83. The van der Waals surface area contributed by atoms with Gasteiger partial charge in [0.25, 0.3) is 0 Å². The summed E-state index contributed by atoms with van der Waals surface area (Å²) in [5, 5.41) is 15.7. The maximum atomic E-state index is 11.8. The van der Waals surface area contributed by atoms with Crippen LogP contribution in [0.25, 0.3) is 0 Å². The van der Waals surface area contributed by atoms with Gasteiger partial charge in [-0.15, -0.1) is 0 Å². The maximum absolute atomic E-state index is 11.8. The fourth-order valence-corrected chi connectivity index (χ4v) is 1.79. The van der Waals surface area contributed by atoms with Crippen LogP contribution in [-0.4, -0.2) is 32.6 Å². The molecule has 0 unspecified atom stereocenters. The van der Waals surface area contributed by atoms with Gasteiger partial charge >= 0.3 is 12.1 Å². The standard InChI is InChI=1S/C14H23N3O4/c1-5-6-17-9-10(8-15-17)11(7-12(18)19)16-13(20)21-14(2,3)4/h8-9,11H,5-7H2,1-4H3,(H,16,20)(H,18,19)/t11-/m0/s1. The van der Waals surface area contributed by atoms with Crippen LogP contribution in [0.15, 0.2) is 12.4 Å². The number of aromatic nitrogens is 2. The van der Waals surface area contributed by atoms with Crippen LogP contribution in [0.5, 0.6) is 0 Å². The number of carbonyl (C=O) groups is 2. The third kappa shape index (κ3) is 6.29. The number of hydrogen-bond donors (Lipinski definition) is 2. The number of aryl methyl sites for hydroxylation is 1. The molecular formula is C14H23N3O4. The number of carboxylic acid groups (broad SMARTS) is 1. The second kappa shape index (κ2) is 7.10. The largest absolute Gasteiger partial charge is 0.481 e. The van der Waals surface area contributed by atoms with Crippen LogP contribution in [0.4, 0.5) is 4.79 Å². The van der Waals surface area contributed by atoms with Crippen LogP contribution in [0, 0.1) is 0 Å². The van der Waals surface area contributed by atoms with E-state index in [0.29, 0.717) is 5.56 Å². The summed E-state index contributed by atoms with van der Waals surface area (Å²) in [5.41, 5.74) is 0.0151. The van der Waals surface area contributed by atoms with E-state index in [0.717, 1.165) is 13.0 Å². The lowest BCUT2D eigenvalue weighted by atomic mass is 10.1. The molecule has 1 aromatic heterocycles. The van der Waals surface area contributed by atoms with E-state index >= 15 is 0 Å². The highest BCUT2D eigenvalue weighted by Crippen LogP contribution is 2.18. The summed E-state index contributed by atoms with van der Waals surface area (Å²) in [6.07, 6.45) is 3.37. The molecule has 1 aromatic rings. The Balaban J connectivity index is 2.79. The molecule has 0 radical (unpaired) electrons. The summed E-state index contributed by atoms with van der Waals surface area (Å²) in [6.45, 7) is 8.01. The highest BCUT2D eigenvalue weighted by atomic mass is 16.6. The molecule has 0 aliphatic heterocycles. The zero-order chi connectivity index (χ0) is 16.0. The molecule has 0 bridgehead atoms. The average Bonchev–Trinajstić information content (AvgIpc) is 2.74. The molecule has 0 saturated carbocycles. The van der Waals surface area contributed by atoms with Crippen LogP contribution in [0.1, 0.15) is 52.1 Å². The van der Waals surface area contributed by atoms with E-state index in [2.05, 4.69) is 10.4 Å². The molecule has 118 valence electrons. The molecule has 1 rings (SSSR count). The van der Waals surface area contributed by atoms with Crippen LogP contribution in [-0.2, 0) is 16.1 Å². The van der Waals surface area contributed by atoms with E-state index in [1.165, 1.54) is 0 Å². The van der Waals surface area contributed by atoms with E-state index in [1.54, 1.807) is 37.8 Å². The van der Waals surface area contributed by atoms with Crippen molar-refractivity contribution in [2.75, 3.05) is 0 Å². The molecule has 0 spiro atoms. The van der Waals surface area contributed by atoms with Gasteiger partial charge in [0, 0.05) is 18.3 Å². The first kappa shape index (κ1) is 17.0. The second-order valence-corrected chi connectivity index (χ2v) is 5.83. The van der Waals surface area contributed by atoms with Gasteiger partial charge in [-0.3, -0.25) is 9.48 Å². The number of nitrogens with zero attached hydrogens (tertiary/aromatic N) is 2. The third-order valence-electron chi connectivity index (χ3n) is 2.58. The summed E-state index contributed by atoms with van der Waals surface area (Å²) in [7, 11) is 0. The summed E-state index contributed by atoms with van der Waals surface area (Å²) in [5.74, 6) is -1.00. The predicted octanol–water partition coefficient (Wildman–Crippen LogP) is 2.33. The zero-order valence-corrected chi connectivity index (χ0v) is 12.9. The Morgan fingerprint density at radius 1 is 1.48 bits per heavy atom. The van der Waals surface area contributed by atoms with Gasteiger partial charge < -0.3 is 15.2 Å². The topological polar surface area (TPSA) is 93.5 Å². The van der Waals surface area contributed by atoms with Crippen molar-refractivity contribution < 1.29 is 19.4 Å². The number of carbonyl (C=O) groups excluding carboxylic acids is 1. The molecule has 21 heavy (non-hydrogen) atoms. The van der Waals surface area contributed by atoms with E-state index in [-0.39, 0.29) is 6.42 Å². The molecule has 7 nitrogen and oxygen atoms in total. The Kier molecular flexibility index (Phi) is 5.75. The number of nitrogens with one attached hydrogen (secondary N) is 1. The van der Waals surface area contributed by atoms with Crippen molar-refractivity contribution in [3.8, 4) is 0 Å². The molecule has 0 aliphatic rings. The molecule has 0 saturated heterocycles. The maximum Gasteiger partial charge on any atom is 0.408 e. The van der Waals surface area contributed by atoms with Crippen molar-refractivity contribution in [3.63, 3.8) is 0 Å². The molecule has 1 heterocycles. The monoisotopic (exact) mass is 297 g/mol. The number of alkyl carbamates (subject to hydrolysis) is 1. The average molecular weight is 297 g/mol. The molecule has 0 fully saturated rings. The number of rotatable bonds is 6.